The van der Waals surface area contributed by atoms with E-state index in [1.165, 1.54) is 11.1 Å². The number of anilines is 1. The Kier molecular flexibility index (Phi) is 11.2. The summed E-state index contributed by atoms with van der Waals surface area (Å²) in [4.78, 5) is 20.1. The topological polar surface area (TPSA) is 91.4 Å². The van der Waals surface area contributed by atoms with E-state index >= 15 is 0 Å². The molecule has 2 aromatic rings. The summed E-state index contributed by atoms with van der Waals surface area (Å²) in [5.41, 5.74) is 2.54. The van der Waals surface area contributed by atoms with Crippen LogP contribution in [0.25, 0.3) is 0 Å². The van der Waals surface area contributed by atoms with Crippen LogP contribution in [0, 0.1) is 17.8 Å². The number of carbonyl (C=O) groups is 1. The number of fused-ring (bicyclic) bond motifs is 4. The van der Waals surface area contributed by atoms with Crippen LogP contribution < -0.4 is 14.4 Å². The van der Waals surface area contributed by atoms with Crippen molar-refractivity contribution >= 4 is 33.2 Å². The van der Waals surface area contributed by atoms with Gasteiger partial charge in [0.2, 0.25) is 10.0 Å². The summed E-state index contributed by atoms with van der Waals surface area (Å²) in [6.45, 7) is 8.24. The first-order chi connectivity index (χ1) is 25.3. The van der Waals surface area contributed by atoms with Crippen LogP contribution in [-0.2, 0) is 26.6 Å². The third-order valence-electron chi connectivity index (χ3n) is 12.9. The molecule has 2 fully saturated rings. The van der Waals surface area contributed by atoms with Gasteiger partial charge in [0.25, 0.3) is 12.3 Å². The first-order valence-corrected chi connectivity index (χ1v) is 21.1. The van der Waals surface area contributed by atoms with Crippen molar-refractivity contribution in [2.24, 2.45) is 17.8 Å². The quantitative estimate of drug-likeness (QED) is 0.362. The zero-order valence-corrected chi connectivity index (χ0v) is 32.6. The molecule has 1 spiro atoms. The molecule has 0 unspecified atom stereocenters. The van der Waals surface area contributed by atoms with Crippen LogP contribution >= 0.6 is 11.6 Å². The number of methoxy groups -OCH3 is 1. The van der Waals surface area contributed by atoms with Gasteiger partial charge in [0.1, 0.15) is 11.4 Å². The smallest absolute Gasteiger partial charge is 0.264 e. The van der Waals surface area contributed by atoms with Crippen molar-refractivity contribution in [3.63, 3.8) is 0 Å². The molecule has 290 valence electrons. The molecule has 6 atom stereocenters. The third kappa shape index (κ3) is 7.86. The van der Waals surface area contributed by atoms with Crippen molar-refractivity contribution in [3.05, 3.63) is 70.3 Å². The zero-order chi connectivity index (χ0) is 37.5. The minimum absolute atomic E-state index is 0.153. The van der Waals surface area contributed by atoms with Crippen molar-refractivity contribution in [1.29, 1.82) is 0 Å². The minimum atomic E-state index is -4.00. The van der Waals surface area contributed by atoms with Gasteiger partial charge in [-0.25, -0.2) is 21.9 Å². The Morgan fingerprint density at radius 1 is 1.08 bits per heavy atom. The van der Waals surface area contributed by atoms with Crippen LogP contribution in [0.4, 0.5) is 14.5 Å². The highest BCUT2D eigenvalue weighted by Gasteiger charge is 2.50. The second-order valence-electron chi connectivity index (χ2n) is 16.2. The molecule has 53 heavy (non-hydrogen) atoms. The molecular weight excluding hydrogens is 722 g/mol. The van der Waals surface area contributed by atoms with Gasteiger partial charge in [-0.05, 0) is 105 Å². The second-order valence-corrected chi connectivity index (χ2v) is 18.6. The Labute approximate surface area is 318 Å². The molecule has 9 nitrogen and oxygen atoms in total. The number of hydrogen-bond acceptors (Lipinski definition) is 8. The molecule has 0 aromatic heterocycles. The molecule has 0 radical (unpaired) electrons. The molecule has 2 aromatic carbocycles. The first-order valence-electron chi connectivity index (χ1n) is 19.1. The van der Waals surface area contributed by atoms with Gasteiger partial charge in [0, 0.05) is 68.9 Å². The summed E-state index contributed by atoms with van der Waals surface area (Å²) in [5.74, 6) is 0.132. The van der Waals surface area contributed by atoms with Crippen LogP contribution in [-0.4, -0.2) is 107 Å². The Balaban J connectivity index is 1.27. The predicted molar refractivity (Wildman–Crippen MR) is 204 cm³/mol. The third-order valence-corrected chi connectivity index (χ3v) is 15.1. The number of amides is 1. The number of ether oxygens (including phenoxy) is 2. The maximum absolute atomic E-state index is 13.6. The molecular formula is C40H53ClF2N4O5S. The number of halogens is 3. The van der Waals surface area contributed by atoms with Gasteiger partial charge in [0.05, 0.1) is 24.1 Å². The number of sulfonamides is 1. The highest BCUT2D eigenvalue weighted by Crippen LogP contribution is 2.49. The maximum Gasteiger partial charge on any atom is 0.264 e. The SMILES string of the molecule is CO[C@@]1(CN2CCN(CC(F)F)CC2)/C=C\C[C@H](C)[C@@H](C)S(=O)(=O)NC(=O)c2ccc3c(c2)N(C[C@@H]2CC[C@H]21)C[C@@]1(CCCc2cc(Cl)ccc21)CO3. The highest BCUT2D eigenvalue weighted by molar-refractivity contribution is 7.90. The summed E-state index contributed by atoms with van der Waals surface area (Å²) in [7, 11) is -2.24. The van der Waals surface area contributed by atoms with E-state index in [9.17, 15) is 22.0 Å². The number of piperazine rings is 1. The van der Waals surface area contributed by atoms with Gasteiger partial charge in [0.15, 0.2) is 0 Å². The monoisotopic (exact) mass is 774 g/mol. The molecule has 1 N–H and O–H groups in total. The van der Waals surface area contributed by atoms with Gasteiger partial charge < -0.3 is 14.4 Å². The lowest BCUT2D eigenvalue weighted by molar-refractivity contribution is -0.0963. The van der Waals surface area contributed by atoms with Crippen molar-refractivity contribution in [1.82, 2.24) is 14.5 Å². The molecule has 3 aliphatic heterocycles. The summed E-state index contributed by atoms with van der Waals surface area (Å²) < 4.78 is 69.1. The van der Waals surface area contributed by atoms with E-state index in [2.05, 4.69) is 38.8 Å². The van der Waals surface area contributed by atoms with E-state index in [1.54, 1.807) is 32.2 Å². The van der Waals surface area contributed by atoms with Gasteiger partial charge in [-0.2, -0.15) is 0 Å². The molecule has 1 amide bonds. The highest BCUT2D eigenvalue weighted by atomic mass is 35.5. The number of allylic oxidation sites excluding steroid dienone is 1. The number of rotatable bonds is 5. The number of carbonyl (C=O) groups excluding carboxylic acids is 1. The number of aryl methyl sites for hydroxylation is 1. The van der Waals surface area contributed by atoms with Gasteiger partial charge in [-0.15, -0.1) is 0 Å². The van der Waals surface area contributed by atoms with E-state index in [1.807, 2.05) is 17.9 Å². The maximum atomic E-state index is 13.6. The number of hydrogen-bond donors (Lipinski definition) is 1. The first kappa shape index (κ1) is 38.5. The van der Waals surface area contributed by atoms with Gasteiger partial charge in [-0.1, -0.05) is 36.7 Å². The fourth-order valence-corrected chi connectivity index (χ4v) is 11.0. The van der Waals surface area contributed by atoms with E-state index in [4.69, 9.17) is 21.1 Å². The molecule has 7 rings (SSSR count). The van der Waals surface area contributed by atoms with Crippen LogP contribution in [0.2, 0.25) is 5.02 Å². The van der Waals surface area contributed by atoms with E-state index in [0.29, 0.717) is 64.6 Å². The number of alkyl halides is 2. The van der Waals surface area contributed by atoms with E-state index in [0.717, 1.165) is 42.8 Å². The fraction of sp³-hybridized carbons (Fsp3) is 0.625. The lowest BCUT2D eigenvalue weighted by atomic mass is 9.63. The molecule has 2 aliphatic carbocycles. The largest absolute Gasteiger partial charge is 0.490 e. The Bertz CT molecular complexity index is 1810. The van der Waals surface area contributed by atoms with Crippen molar-refractivity contribution in [3.8, 4) is 5.75 Å². The average Bonchev–Trinajstić information content (AvgIpc) is 3.26. The Hall–Kier alpha value is -2.77. The van der Waals surface area contributed by atoms with Crippen molar-refractivity contribution in [2.45, 2.75) is 75.1 Å². The Morgan fingerprint density at radius 2 is 1.85 bits per heavy atom. The number of nitrogens with zero attached hydrogens (tertiary/aromatic N) is 3. The normalized spacial score (nSPS) is 32.9. The predicted octanol–water partition coefficient (Wildman–Crippen LogP) is 6.15. The zero-order valence-electron chi connectivity index (χ0n) is 31.0. The standard InChI is InChI=1S/C40H53ClF2N4O5S/c1-27-6-4-15-40(51-3,25-46-18-16-45(17-19-46)23-37(42)43)34-11-8-31(34)22-47-24-39(14-5-7-29-20-32(41)10-12-33(29)39)26-52-36-13-9-30(21-35(36)47)38(48)44-53(49,50)28(27)2/h4,9-10,12-13,15,20-21,27-28,31,34,37H,5-8,11,14,16-19,22-26H2,1-3H3,(H,44,48)/b15-4-/t27-,28+,31-,34+,39-,40+/m0/s1. The van der Waals surface area contributed by atoms with Gasteiger partial charge in [-0.3, -0.25) is 14.6 Å². The Morgan fingerprint density at radius 3 is 2.57 bits per heavy atom. The molecule has 2 bridgehead atoms. The summed E-state index contributed by atoms with van der Waals surface area (Å²) in [5, 5.41) is -0.115. The second kappa shape index (κ2) is 15.4. The molecule has 13 heteroatoms. The van der Waals surface area contributed by atoms with Crippen LogP contribution in [0.3, 0.4) is 0 Å². The lowest BCUT2D eigenvalue weighted by Crippen LogP contribution is -2.59. The minimum Gasteiger partial charge on any atom is -0.490 e. The summed E-state index contributed by atoms with van der Waals surface area (Å²) in [6, 6.07) is 11.4. The van der Waals surface area contributed by atoms with Crippen LogP contribution in [0.15, 0.2) is 48.6 Å². The van der Waals surface area contributed by atoms with E-state index < -0.39 is 33.2 Å². The number of benzene rings is 2. The molecule has 5 aliphatic rings. The molecule has 3 heterocycles. The number of nitrogens with one attached hydrogen (secondary N) is 1. The average molecular weight is 775 g/mol. The molecule has 1 saturated carbocycles. The van der Waals surface area contributed by atoms with Gasteiger partial charge >= 0.3 is 0 Å². The van der Waals surface area contributed by atoms with E-state index in [-0.39, 0.29) is 35.3 Å². The summed E-state index contributed by atoms with van der Waals surface area (Å²) in [6.07, 6.45) is 7.17. The fourth-order valence-electron chi connectivity index (χ4n) is 9.48. The van der Waals surface area contributed by atoms with Crippen molar-refractivity contribution < 1.29 is 31.5 Å². The molecule has 1 saturated heterocycles. The lowest BCUT2D eigenvalue weighted by Gasteiger charge is -2.52. The van der Waals surface area contributed by atoms with Crippen molar-refractivity contribution in [2.75, 3.05) is 71.0 Å². The van der Waals surface area contributed by atoms with Crippen LogP contribution in [0.1, 0.15) is 67.4 Å². The summed E-state index contributed by atoms with van der Waals surface area (Å²) >= 11 is 6.48. The van der Waals surface area contributed by atoms with Crippen LogP contribution in [0.5, 0.6) is 5.75 Å².